The number of nitrogens with zero attached hydrogens (tertiary/aromatic N) is 1. The molecule has 3 nitrogen and oxygen atoms in total. The second-order valence-electron chi connectivity index (χ2n) is 4.22. The molecule has 0 bridgehead atoms. The Kier molecular flexibility index (Phi) is 7.61. The number of benzene rings is 1. The minimum absolute atomic E-state index is 0.220. The molecule has 0 radical (unpaired) electrons. The number of halogens is 2. The molecule has 0 fully saturated rings. The van der Waals surface area contributed by atoms with Crippen molar-refractivity contribution in [2.45, 2.75) is 17.7 Å². The molecule has 0 aliphatic rings. The lowest BCUT2D eigenvalue weighted by atomic mass is 10.3. The molecule has 1 N–H and O–H groups in total. The smallest absolute Gasteiger partial charge is 0.303 e. The number of hydrogen-bond acceptors (Lipinski definition) is 3. The molecule has 1 aromatic rings. The monoisotopic (exact) mass is 321 g/mol. The second-order valence-corrected chi connectivity index (χ2v) is 6.20. The zero-order valence-electron chi connectivity index (χ0n) is 10.7. The van der Waals surface area contributed by atoms with E-state index in [1.807, 2.05) is 13.1 Å². The molecule has 0 unspecified atom stereocenters. The zero-order chi connectivity index (χ0) is 14.3. The van der Waals surface area contributed by atoms with Crippen molar-refractivity contribution in [2.24, 2.45) is 0 Å². The summed E-state index contributed by atoms with van der Waals surface area (Å²) in [4.78, 5) is 13.5. The van der Waals surface area contributed by atoms with Gasteiger partial charge in [-0.15, -0.1) is 11.8 Å². The summed E-state index contributed by atoms with van der Waals surface area (Å²) in [6.07, 6.45) is 0.895. The number of thioether (sulfide) groups is 1. The van der Waals surface area contributed by atoms with Crippen LogP contribution in [0.25, 0.3) is 0 Å². The molecule has 0 saturated carbocycles. The fourth-order valence-electron chi connectivity index (χ4n) is 1.51. The Balaban J connectivity index is 2.26. The van der Waals surface area contributed by atoms with E-state index in [4.69, 9.17) is 28.3 Å². The molecule has 6 heteroatoms. The standard InChI is InChI=1S/C13H17Cl2NO2S/c1-16(6-2-3-13(17)18)7-8-19-12-9-10(14)4-5-11(12)15/h4-5,9H,2-3,6-8H2,1H3,(H,17,18). The van der Waals surface area contributed by atoms with Crippen molar-refractivity contribution in [1.82, 2.24) is 4.90 Å². The Labute approximate surface area is 127 Å². The molecule has 0 heterocycles. The molecule has 0 aromatic heterocycles. The van der Waals surface area contributed by atoms with E-state index in [0.29, 0.717) is 16.5 Å². The number of rotatable bonds is 8. The lowest BCUT2D eigenvalue weighted by Crippen LogP contribution is -2.23. The average molecular weight is 322 g/mol. The molecule has 0 saturated heterocycles. The first-order valence-corrected chi connectivity index (χ1v) is 7.71. The lowest BCUT2D eigenvalue weighted by Gasteiger charge is -2.15. The van der Waals surface area contributed by atoms with Gasteiger partial charge in [-0.3, -0.25) is 4.79 Å². The number of carboxylic acid groups (broad SMARTS) is 1. The first-order valence-electron chi connectivity index (χ1n) is 5.97. The summed E-state index contributed by atoms with van der Waals surface area (Å²) in [5.74, 6) is 0.150. The maximum absolute atomic E-state index is 10.4. The van der Waals surface area contributed by atoms with Gasteiger partial charge in [0, 0.05) is 28.6 Å². The van der Waals surface area contributed by atoms with Crippen LogP contribution in [0.5, 0.6) is 0 Å². The van der Waals surface area contributed by atoms with Gasteiger partial charge < -0.3 is 10.0 Å². The molecule has 1 rings (SSSR count). The van der Waals surface area contributed by atoms with Gasteiger partial charge in [-0.1, -0.05) is 23.2 Å². The van der Waals surface area contributed by atoms with Gasteiger partial charge in [-0.25, -0.2) is 0 Å². The maximum atomic E-state index is 10.4. The summed E-state index contributed by atoms with van der Waals surface area (Å²) in [5, 5.41) is 9.95. The third kappa shape index (κ3) is 7.06. The van der Waals surface area contributed by atoms with Crippen molar-refractivity contribution in [3.05, 3.63) is 28.2 Å². The SMILES string of the molecule is CN(CCCC(=O)O)CCSc1cc(Cl)ccc1Cl. The Bertz CT molecular complexity index is 429. The van der Waals surface area contributed by atoms with Crippen LogP contribution in [0, 0.1) is 0 Å². The third-order valence-electron chi connectivity index (χ3n) is 2.55. The van der Waals surface area contributed by atoms with Gasteiger partial charge in [0.1, 0.15) is 0 Å². The molecule has 0 amide bonds. The zero-order valence-corrected chi connectivity index (χ0v) is 13.1. The van der Waals surface area contributed by atoms with Crippen LogP contribution in [0.4, 0.5) is 0 Å². The molecule has 19 heavy (non-hydrogen) atoms. The van der Waals surface area contributed by atoms with E-state index in [2.05, 4.69) is 4.90 Å². The van der Waals surface area contributed by atoms with Crippen molar-refractivity contribution in [3.8, 4) is 0 Å². The molecule has 0 atom stereocenters. The number of carbonyl (C=O) groups is 1. The summed E-state index contributed by atoms with van der Waals surface area (Å²) in [7, 11) is 1.99. The van der Waals surface area contributed by atoms with Gasteiger partial charge in [0.15, 0.2) is 0 Å². The van der Waals surface area contributed by atoms with Crippen molar-refractivity contribution < 1.29 is 9.90 Å². The third-order valence-corrected chi connectivity index (χ3v) is 4.27. The van der Waals surface area contributed by atoms with Crippen molar-refractivity contribution in [2.75, 3.05) is 25.9 Å². The van der Waals surface area contributed by atoms with Crippen LogP contribution in [0.3, 0.4) is 0 Å². The van der Waals surface area contributed by atoms with E-state index >= 15 is 0 Å². The summed E-state index contributed by atoms with van der Waals surface area (Å²) >= 11 is 13.6. The highest BCUT2D eigenvalue weighted by Gasteiger charge is 2.04. The molecular formula is C13H17Cl2NO2S. The molecule has 0 spiro atoms. The molecule has 0 aliphatic heterocycles. The van der Waals surface area contributed by atoms with E-state index in [9.17, 15) is 4.79 Å². The Hall–Kier alpha value is -0.420. The predicted molar refractivity (Wildman–Crippen MR) is 81.6 cm³/mol. The second kappa shape index (κ2) is 8.69. The van der Waals surface area contributed by atoms with Gasteiger partial charge in [0.05, 0.1) is 5.02 Å². The van der Waals surface area contributed by atoms with Gasteiger partial charge in [-0.05, 0) is 38.2 Å². The number of hydrogen-bond donors (Lipinski definition) is 1. The fraction of sp³-hybridized carbons (Fsp3) is 0.462. The highest BCUT2D eigenvalue weighted by molar-refractivity contribution is 7.99. The van der Waals surface area contributed by atoms with Crippen LogP contribution < -0.4 is 0 Å². The first-order chi connectivity index (χ1) is 8.99. The summed E-state index contributed by atoms with van der Waals surface area (Å²) in [6, 6.07) is 5.42. The van der Waals surface area contributed by atoms with E-state index in [1.165, 1.54) is 0 Å². The van der Waals surface area contributed by atoms with Crippen molar-refractivity contribution in [1.29, 1.82) is 0 Å². The van der Waals surface area contributed by atoms with E-state index < -0.39 is 5.97 Å². The van der Waals surface area contributed by atoms with Gasteiger partial charge in [-0.2, -0.15) is 0 Å². The van der Waals surface area contributed by atoms with Crippen LogP contribution in [0.15, 0.2) is 23.1 Å². The molecular weight excluding hydrogens is 305 g/mol. The first kappa shape index (κ1) is 16.6. The van der Waals surface area contributed by atoms with Crippen LogP contribution in [0.1, 0.15) is 12.8 Å². The normalized spacial score (nSPS) is 10.9. The van der Waals surface area contributed by atoms with Gasteiger partial charge in [0.25, 0.3) is 0 Å². The molecule has 1 aromatic carbocycles. The summed E-state index contributed by atoms with van der Waals surface area (Å²) < 4.78 is 0. The highest BCUT2D eigenvalue weighted by atomic mass is 35.5. The van der Waals surface area contributed by atoms with Crippen molar-refractivity contribution >= 4 is 40.9 Å². The molecule has 106 valence electrons. The number of aliphatic carboxylic acids is 1. The van der Waals surface area contributed by atoms with Gasteiger partial charge in [0.2, 0.25) is 0 Å². The predicted octanol–water partition coefficient (Wildman–Crippen LogP) is 3.88. The summed E-state index contributed by atoms with van der Waals surface area (Å²) in [5.41, 5.74) is 0. The quantitative estimate of drug-likeness (QED) is 0.737. The van der Waals surface area contributed by atoms with Crippen LogP contribution in [0.2, 0.25) is 10.0 Å². The van der Waals surface area contributed by atoms with E-state index in [0.717, 1.165) is 23.7 Å². The topological polar surface area (TPSA) is 40.5 Å². The largest absolute Gasteiger partial charge is 0.481 e. The van der Waals surface area contributed by atoms with E-state index in [1.54, 1.807) is 23.9 Å². The summed E-state index contributed by atoms with van der Waals surface area (Å²) in [6.45, 7) is 1.67. The number of carboxylic acids is 1. The van der Waals surface area contributed by atoms with Crippen LogP contribution >= 0.6 is 35.0 Å². The minimum atomic E-state index is -0.742. The van der Waals surface area contributed by atoms with Crippen LogP contribution in [-0.4, -0.2) is 41.9 Å². The molecule has 0 aliphatic carbocycles. The highest BCUT2D eigenvalue weighted by Crippen LogP contribution is 2.29. The Morgan fingerprint density at radius 1 is 1.37 bits per heavy atom. The fourth-order valence-corrected chi connectivity index (χ4v) is 3.07. The Morgan fingerprint density at radius 2 is 2.11 bits per heavy atom. The van der Waals surface area contributed by atoms with Crippen molar-refractivity contribution in [3.63, 3.8) is 0 Å². The van der Waals surface area contributed by atoms with E-state index in [-0.39, 0.29) is 6.42 Å². The minimum Gasteiger partial charge on any atom is -0.481 e. The lowest BCUT2D eigenvalue weighted by molar-refractivity contribution is -0.137. The maximum Gasteiger partial charge on any atom is 0.303 e. The van der Waals surface area contributed by atoms with Crippen LogP contribution in [-0.2, 0) is 4.79 Å². The van der Waals surface area contributed by atoms with Gasteiger partial charge >= 0.3 is 5.97 Å². The Morgan fingerprint density at radius 3 is 2.79 bits per heavy atom. The average Bonchev–Trinajstić information content (AvgIpc) is 2.33.